The number of rotatable bonds is 3. The molecule has 1 aliphatic heterocycles. The van der Waals surface area contributed by atoms with E-state index in [-0.39, 0.29) is 6.61 Å². The van der Waals surface area contributed by atoms with Crippen molar-refractivity contribution in [3.8, 4) is 18.1 Å². The molecule has 0 bridgehead atoms. The van der Waals surface area contributed by atoms with Crippen LogP contribution < -0.4 is 4.74 Å². The highest BCUT2D eigenvalue weighted by Crippen LogP contribution is 2.26. The third-order valence-corrected chi connectivity index (χ3v) is 4.10. The fourth-order valence-electron chi connectivity index (χ4n) is 2.18. The first kappa shape index (κ1) is 14.4. The number of thiocarbonyl (C=S) groups is 1. The highest BCUT2D eigenvalue weighted by Gasteiger charge is 2.18. The summed E-state index contributed by atoms with van der Waals surface area (Å²) in [5.74, 6) is 3.25. The Morgan fingerprint density at radius 2 is 2.11 bits per heavy atom. The van der Waals surface area contributed by atoms with Crippen LogP contribution >= 0.6 is 28.1 Å². The fourth-order valence-corrected chi connectivity index (χ4v) is 2.89. The molecule has 0 N–H and O–H groups in total. The summed E-state index contributed by atoms with van der Waals surface area (Å²) in [6.45, 7) is 2.32. The average Bonchev–Trinajstić information content (AvgIpc) is 2.46. The molecule has 0 aromatic heterocycles. The van der Waals surface area contributed by atoms with Crippen molar-refractivity contribution in [2.75, 3.05) is 19.7 Å². The summed E-state index contributed by atoms with van der Waals surface area (Å²) in [4.78, 5) is 3.11. The standard InChI is InChI=1S/C15H16BrNOS/c1-2-10-18-14-7-6-12(16)11-13(14)15(19)17-8-4-3-5-9-17/h1,6-7,11H,3-5,8-10H2. The number of nitrogens with zero attached hydrogens (tertiary/aromatic N) is 1. The van der Waals surface area contributed by atoms with Crippen LogP contribution in [0.2, 0.25) is 0 Å². The average molecular weight is 338 g/mol. The summed E-state index contributed by atoms with van der Waals surface area (Å²) in [6, 6.07) is 5.85. The van der Waals surface area contributed by atoms with Crippen LogP contribution in [0.1, 0.15) is 24.8 Å². The van der Waals surface area contributed by atoms with Crippen LogP contribution in [0.4, 0.5) is 0 Å². The molecule has 0 radical (unpaired) electrons. The molecule has 1 saturated heterocycles. The molecule has 0 amide bonds. The molecule has 1 aliphatic rings. The van der Waals surface area contributed by atoms with Gasteiger partial charge in [-0.15, -0.1) is 6.42 Å². The van der Waals surface area contributed by atoms with Crippen molar-refractivity contribution >= 4 is 33.1 Å². The lowest BCUT2D eigenvalue weighted by molar-refractivity contribution is 0.343. The zero-order chi connectivity index (χ0) is 13.7. The molecule has 2 nitrogen and oxygen atoms in total. The first-order valence-corrected chi connectivity index (χ1v) is 7.57. The van der Waals surface area contributed by atoms with E-state index in [0.29, 0.717) is 0 Å². The van der Waals surface area contributed by atoms with Crippen LogP contribution in [0.5, 0.6) is 5.75 Å². The molecule has 100 valence electrons. The quantitative estimate of drug-likeness (QED) is 0.617. The summed E-state index contributed by atoms with van der Waals surface area (Å²) in [7, 11) is 0. The van der Waals surface area contributed by atoms with Crippen LogP contribution in [0, 0.1) is 12.3 Å². The topological polar surface area (TPSA) is 12.5 Å². The number of hydrogen-bond acceptors (Lipinski definition) is 2. The first-order chi connectivity index (χ1) is 9.22. The zero-order valence-electron chi connectivity index (χ0n) is 10.7. The molecule has 0 atom stereocenters. The minimum Gasteiger partial charge on any atom is -0.480 e. The monoisotopic (exact) mass is 337 g/mol. The second-order valence-corrected chi connectivity index (χ2v) is 5.79. The molecule has 1 aromatic carbocycles. The SMILES string of the molecule is C#CCOc1ccc(Br)cc1C(=S)N1CCCCC1. The van der Waals surface area contributed by atoms with Crippen LogP contribution in [-0.2, 0) is 0 Å². The predicted octanol–water partition coefficient (Wildman–Crippen LogP) is 3.62. The van der Waals surface area contributed by atoms with Crippen molar-refractivity contribution in [1.82, 2.24) is 4.90 Å². The number of halogens is 1. The van der Waals surface area contributed by atoms with Crippen LogP contribution in [0.15, 0.2) is 22.7 Å². The molecule has 0 spiro atoms. The molecule has 2 rings (SSSR count). The third-order valence-electron chi connectivity index (χ3n) is 3.13. The largest absolute Gasteiger partial charge is 0.480 e. The molecule has 0 unspecified atom stereocenters. The predicted molar refractivity (Wildman–Crippen MR) is 85.6 cm³/mol. The van der Waals surface area contributed by atoms with Gasteiger partial charge in [0, 0.05) is 17.6 Å². The fraction of sp³-hybridized carbons (Fsp3) is 0.400. The second-order valence-electron chi connectivity index (χ2n) is 4.49. The van der Waals surface area contributed by atoms with Gasteiger partial charge in [-0.2, -0.15) is 0 Å². The number of piperidine rings is 1. The van der Waals surface area contributed by atoms with Gasteiger partial charge < -0.3 is 9.64 Å². The van der Waals surface area contributed by atoms with Crippen molar-refractivity contribution in [2.24, 2.45) is 0 Å². The molecule has 19 heavy (non-hydrogen) atoms. The highest BCUT2D eigenvalue weighted by molar-refractivity contribution is 9.10. The lowest BCUT2D eigenvalue weighted by atomic mass is 10.1. The first-order valence-electron chi connectivity index (χ1n) is 6.37. The summed E-state index contributed by atoms with van der Waals surface area (Å²) in [5.41, 5.74) is 0.946. The summed E-state index contributed by atoms with van der Waals surface area (Å²) < 4.78 is 6.58. The number of likely N-dealkylation sites (tertiary alicyclic amines) is 1. The van der Waals surface area contributed by atoms with Gasteiger partial charge in [0.1, 0.15) is 17.3 Å². The van der Waals surface area contributed by atoms with E-state index in [0.717, 1.165) is 33.9 Å². The lowest BCUT2D eigenvalue weighted by Crippen LogP contribution is -2.35. The maximum atomic E-state index is 5.61. The van der Waals surface area contributed by atoms with Crippen LogP contribution in [-0.4, -0.2) is 29.6 Å². The third kappa shape index (κ3) is 3.71. The molecular weight excluding hydrogens is 322 g/mol. The van der Waals surface area contributed by atoms with Crippen LogP contribution in [0.3, 0.4) is 0 Å². The van der Waals surface area contributed by atoms with E-state index in [1.54, 1.807) is 0 Å². The maximum Gasteiger partial charge on any atom is 0.148 e. The Bertz CT molecular complexity index is 503. The Kier molecular flexibility index (Phi) is 5.24. The molecule has 1 aromatic rings. The second kappa shape index (κ2) is 6.93. The van der Waals surface area contributed by atoms with Gasteiger partial charge in [-0.05, 0) is 37.5 Å². The molecule has 4 heteroatoms. The van der Waals surface area contributed by atoms with Gasteiger partial charge in [-0.1, -0.05) is 34.1 Å². The van der Waals surface area contributed by atoms with E-state index in [2.05, 4.69) is 26.8 Å². The van der Waals surface area contributed by atoms with E-state index < -0.39 is 0 Å². The van der Waals surface area contributed by atoms with E-state index >= 15 is 0 Å². The van der Waals surface area contributed by atoms with Gasteiger partial charge >= 0.3 is 0 Å². The molecule has 0 saturated carbocycles. The van der Waals surface area contributed by atoms with Gasteiger partial charge in [0.15, 0.2) is 0 Å². The maximum absolute atomic E-state index is 5.61. The molecule has 1 fully saturated rings. The van der Waals surface area contributed by atoms with Gasteiger partial charge in [0.25, 0.3) is 0 Å². The molecule has 0 aliphatic carbocycles. The summed E-state index contributed by atoms with van der Waals surface area (Å²) >= 11 is 9.09. The summed E-state index contributed by atoms with van der Waals surface area (Å²) in [6.07, 6.45) is 8.94. The van der Waals surface area contributed by atoms with Crippen molar-refractivity contribution in [3.05, 3.63) is 28.2 Å². The number of benzene rings is 1. The lowest BCUT2D eigenvalue weighted by Gasteiger charge is -2.29. The number of terminal acetylenes is 1. The van der Waals surface area contributed by atoms with Crippen molar-refractivity contribution in [1.29, 1.82) is 0 Å². The minimum absolute atomic E-state index is 0.261. The Labute approximate surface area is 128 Å². The summed E-state index contributed by atoms with van der Waals surface area (Å²) in [5, 5.41) is 0. The molecule has 1 heterocycles. The Morgan fingerprint density at radius 3 is 2.79 bits per heavy atom. The number of ether oxygens (including phenoxy) is 1. The smallest absolute Gasteiger partial charge is 0.148 e. The number of hydrogen-bond donors (Lipinski definition) is 0. The van der Waals surface area contributed by atoms with Crippen molar-refractivity contribution in [3.63, 3.8) is 0 Å². The van der Waals surface area contributed by atoms with E-state index in [1.807, 2.05) is 18.2 Å². The van der Waals surface area contributed by atoms with E-state index in [4.69, 9.17) is 23.4 Å². The van der Waals surface area contributed by atoms with Gasteiger partial charge in [0.05, 0.1) is 5.56 Å². The Balaban J connectivity index is 2.23. The van der Waals surface area contributed by atoms with Crippen molar-refractivity contribution < 1.29 is 4.74 Å². The van der Waals surface area contributed by atoms with Crippen LogP contribution in [0.25, 0.3) is 0 Å². The normalized spacial score (nSPS) is 14.8. The van der Waals surface area contributed by atoms with Gasteiger partial charge in [-0.25, -0.2) is 0 Å². The minimum atomic E-state index is 0.261. The van der Waals surface area contributed by atoms with Gasteiger partial charge in [0.2, 0.25) is 0 Å². The van der Waals surface area contributed by atoms with E-state index in [1.165, 1.54) is 19.3 Å². The van der Waals surface area contributed by atoms with Crippen molar-refractivity contribution in [2.45, 2.75) is 19.3 Å². The highest BCUT2D eigenvalue weighted by atomic mass is 79.9. The Hall–Kier alpha value is -1.05. The zero-order valence-corrected chi connectivity index (χ0v) is 13.1. The van der Waals surface area contributed by atoms with Gasteiger partial charge in [-0.3, -0.25) is 0 Å². The molecular formula is C15H16BrNOS. The Morgan fingerprint density at radius 1 is 1.37 bits per heavy atom. The van der Waals surface area contributed by atoms with E-state index in [9.17, 15) is 0 Å².